The fourth-order valence-corrected chi connectivity index (χ4v) is 3.52. The number of ether oxygens (including phenoxy) is 3. The smallest absolute Gasteiger partial charge is 0.191 e. The van der Waals surface area contributed by atoms with Crippen molar-refractivity contribution in [3.63, 3.8) is 0 Å². The number of benzene rings is 1. The Labute approximate surface area is 184 Å². The van der Waals surface area contributed by atoms with E-state index in [1.807, 2.05) is 32.9 Å². The molecule has 1 fully saturated rings. The summed E-state index contributed by atoms with van der Waals surface area (Å²) in [6.45, 7) is 11.4. The minimum absolute atomic E-state index is 0.379. The van der Waals surface area contributed by atoms with Gasteiger partial charge in [-0.1, -0.05) is 11.6 Å². The van der Waals surface area contributed by atoms with Gasteiger partial charge in [0.1, 0.15) is 0 Å². The van der Waals surface area contributed by atoms with Crippen LogP contribution in [0.1, 0.15) is 26.3 Å². The highest BCUT2D eigenvalue weighted by atomic mass is 35.5. The predicted octanol–water partition coefficient (Wildman–Crippen LogP) is 1.89. The average Bonchev–Trinajstić information content (AvgIpc) is 2.72. The number of nitrogens with one attached hydrogen (secondary N) is 2. The Kier molecular flexibility index (Phi) is 9.97. The molecule has 9 heteroatoms. The highest BCUT2D eigenvalue weighted by Gasteiger charge is 2.25. The summed E-state index contributed by atoms with van der Waals surface area (Å²) in [7, 11) is 1.59. The number of methoxy groups -OCH3 is 1. The molecule has 1 aliphatic rings. The Morgan fingerprint density at radius 1 is 1.30 bits per heavy atom. The summed E-state index contributed by atoms with van der Waals surface area (Å²) in [5.74, 6) is 1.75. The van der Waals surface area contributed by atoms with Gasteiger partial charge in [0.2, 0.25) is 0 Å². The number of hydrogen-bond donors (Lipinski definition) is 3. The van der Waals surface area contributed by atoms with Gasteiger partial charge in [-0.15, -0.1) is 0 Å². The molecule has 30 heavy (non-hydrogen) atoms. The van der Waals surface area contributed by atoms with Crippen LogP contribution in [0.2, 0.25) is 5.02 Å². The van der Waals surface area contributed by atoms with Crippen molar-refractivity contribution in [3.05, 3.63) is 22.7 Å². The molecule has 1 aliphatic heterocycles. The molecule has 1 atom stereocenters. The van der Waals surface area contributed by atoms with Crippen LogP contribution in [0.4, 0.5) is 0 Å². The molecule has 1 unspecified atom stereocenters. The lowest BCUT2D eigenvalue weighted by atomic mass is 10.1. The Morgan fingerprint density at radius 3 is 2.67 bits per heavy atom. The summed E-state index contributed by atoms with van der Waals surface area (Å²) in [6.07, 6.45) is 0. The maximum absolute atomic E-state index is 10.8. The molecule has 0 radical (unpaired) electrons. The summed E-state index contributed by atoms with van der Waals surface area (Å²) >= 11 is 6.35. The molecule has 0 aromatic heterocycles. The van der Waals surface area contributed by atoms with E-state index in [4.69, 9.17) is 25.8 Å². The Balaban J connectivity index is 2.00. The van der Waals surface area contributed by atoms with Crippen molar-refractivity contribution in [1.29, 1.82) is 0 Å². The number of morpholine rings is 1. The lowest BCUT2D eigenvalue weighted by Gasteiger charge is -2.34. The maximum Gasteiger partial charge on any atom is 0.191 e. The molecule has 0 saturated carbocycles. The first-order valence-electron chi connectivity index (χ1n) is 10.4. The summed E-state index contributed by atoms with van der Waals surface area (Å²) in [5.41, 5.74) is 0.0109. The first-order valence-corrected chi connectivity index (χ1v) is 10.8. The van der Waals surface area contributed by atoms with Crippen molar-refractivity contribution in [3.8, 4) is 11.5 Å². The van der Waals surface area contributed by atoms with Crippen LogP contribution in [0.15, 0.2) is 17.1 Å². The molecule has 0 amide bonds. The van der Waals surface area contributed by atoms with Gasteiger partial charge in [0.15, 0.2) is 17.5 Å². The SMILES string of the molecule is CCNC(=NCc1cc(Cl)c(OCC)c(OC)c1)NCC(C)(O)CN1CCOCC1. The van der Waals surface area contributed by atoms with Crippen molar-refractivity contribution in [1.82, 2.24) is 15.5 Å². The molecule has 1 saturated heterocycles. The summed E-state index contributed by atoms with van der Waals surface area (Å²) in [4.78, 5) is 6.83. The molecule has 1 aromatic carbocycles. The van der Waals surface area contributed by atoms with Crippen LogP contribution in [0.25, 0.3) is 0 Å². The molecular weight excluding hydrogens is 408 g/mol. The van der Waals surface area contributed by atoms with Gasteiger partial charge in [0.05, 0.1) is 44.1 Å². The van der Waals surface area contributed by atoms with Crippen LogP contribution in [-0.4, -0.2) is 81.2 Å². The number of rotatable bonds is 10. The average molecular weight is 443 g/mol. The van der Waals surface area contributed by atoms with Gasteiger partial charge in [0, 0.05) is 32.7 Å². The molecule has 1 heterocycles. The number of guanidine groups is 1. The summed E-state index contributed by atoms with van der Waals surface area (Å²) in [6, 6.07) is 3.70. The third-order valence-corrected chi connectivity index (χ3v) is 4.93. The van der Waals surface area contributed by atoms with Gasteiger partial charge in [-0.3, -0.25) is 4.90 Å². The van der Waals surface area contributed by atoms with Gasteiger partial charge >= 0.3 is 0 Å². The van der Waals surface area contributed by atoms with Crippen LogP contribution in [-0.2, 0) is 11.3 Å². The standard InChI is InChI=1S/C21H35ClN4O4/c1-5-23-20(25-14-21(3,27)15-26-7-9-29-10-8-26)24-13-16-11-17(22)19(30-6-2)18(12-16)28-4/h11-12,27H,5-10,13-15H2,1-4H3,(H2,23,24,25). The molecule has 0 aliphatic carbocycles. The van der Waals surface area contributed by atoms with Gasteiger partial charge in [-0.2, -0.15) is 0 Å². The van der Waals surface area contributed by atoms with E-state index in [1.165, 1.54) is 0 Å². The minimum Gasteiger partial charge on any atom is -0.493 e. The third-order valence-electron chi connectivity index (χ3n) is 4.65. The zero-order valence-electron chi connectivity index (χ0n) is 18.5. The van der Waals surface area contributed by atoms with Crippen molar-refractivity contribution in [2.45, 2.75) is 32.9 Å². The highest BCUT2D eigenvalue weighted by Crippen LogP contribution is 2.36. The topological polar surface area (TPSA) is 87.6 Å². The van der Waals surface area contributed by atoms with Crippen molar-refractivity contribution in [2.24, 2.45) is 4.99 Å². The van der Waals surface area contributed by atoms with Crippen molar-refractivity contribution >= 4 is 17.6 Å². The first-order chi connectivity index (χ1) is 14.4. The van der Waals surface area contributed by atoms with Gasteiger partial charge in [0.25, 0.3) is 0 Å². The van der Waals surface area contributed by atoms with E-state index in [2.05, 4.69) is 20.5 Å². The fourth-order valence-electron chi connectivity index (χ4n) is 3.23. The van der Waals surface area contributed by atoms with E-state index in [9.17, 15) is 5.11 Å². The van der Waals surface area contributed by atoms with E-state index in [-0.39, 0.29) is 0 Å². The summed E-state index contributed by atoms with van der Waals surface area (Å²) in [5, 5.41) is 17.7. The van der Waals surface area contributed by atoms with E-state index in [0.29, 0.717) is 68.5 Å². The van der Waals surface area contributed by atoms with Gasteiger partial charge in [-0.25, -0.2) is 4.99 Å². The van der Waals surface area contributed by atoms with Gasteiger partial charge < -0.3 is 30.0 Å². The Bertz CT molecular complexity index is 694. The Hall–Kier alpha value is -1.74. The second-order valence-electron chi connectivity index (χ2n) is 7.48. The van der Waals surface area contributed by atoms with Crippen molar-refractivity contribution in [2.75, 3.05) is 59.7 Å². The second-order valence-corrected chi connectivity index (χ2v) is 7.88. The lowest BCUT2D eigenvalue weighted by Crippen LogP contribution is -2.52. The normalized spacial score (nSPS) is 17.3. The zero-order valence-corrected chi connectivity index (χ0v) is 19.2. The fraction of sp³-hybridized carbons (Fsp3) is 0.667. The van der Waals surface area contributed by atoms with Crippen molar-refractivity contribution < 1.29 is 19.3 Å². The molecule has 0 bridgehead atoms. The highest BCUT2D eigenvalue weighted by molar-refractivity contribution is 6.32. The van der Waals surface area contributed by atoms with E-state index in [1.54, 1.807) is 7.11 Å². The predicted molar refractivity (Wildman–Crippen MR) is 120 cm³/mol. The molecule has 3 N–H and O–H groups in total. The lowest BCUT2D eigenvalue weighted by molar-refractivity contribution is -0.0201. The monoisotopic (exact) mass is 442 g/mol. The number of hydrogen-bond acceptors (Lipinski definition) is 6. The van der Waals surface area contributed by atoms with Crippen LogP contribution < -0.4 is 20.1 Å². The van der Waals surface area contributed by atoms with Crippen LogP contribution in [0, 0.1) is 0 Å². The Morgan fingerprint density at radius 2 is 2.03 bits per heavy atom. The molecule has 8 nitrogen and oxygen atoms in total. The van der Waals surface area contributed by atoms with Crippen LogP contribution in [0.5, 0.6) is 11.5 Å². The maximum atomic E-state index is 10.8. The largest absolute Gasteiger partial charge is 0.493 e. The molecule has 0 spiro atoms. The third kappa shape index (κ3) is 7.83. The second kappa shape index (κ2) is 12.2. The number of aliphatic imine (C=N–C) groups is 1. The summed E-state index contributed by atoms with van der Waals surface area (Å²) < 4.78 is 16.3. The zero-order chi connectivity index (χ0) is 22.0. The number of halogens is 1. The molecule has 1 aromatic rings. The molecular formula is C21H35ClN4O4. The number of nitrogens with zero attached hydrogens (tertiary/aromatic N) is 2. The van der Waals surface area contributed by atoms with Gasteiger partial charge in [-0.05, 0) is 38.5 Å². The molecule has 2 rings (SSSR count). The van der Waals surface area contributed by atoms with Crippen LogP contribution in [0.3, 0.4) is 0 Å². The molecule has 170 valence electrons. The quantitative estimate of drug-likeness (QED) is 0.376. The number of aliphatic hydroxyl groups is 1. The van der Waals surface area contributed by atoms with E-state index < -0.39 is 5.60 Å². The van der Waals surface area contributed by atoms with E-state index in [0.717, 1.165) is 18.7 Å². The van der Waals surface area contributed by atoms with Crippen LogP contribution >= 0.6 is 11.6 Å². The number of β-amino-alcohol motifs (C(OH)–C–C–N with tert-alkyl or cyclic N) is 1. The first kappa shape index (κ1) is 24.5. The van der Waals surface area contributed by atoms with E-state index >= 15 is 0 Å². The minimum atomic E-state index is -0.890.